The summed E-state index contributed by atoms with van der Waals surface area (Å²) >= 11 is 0. The zero-order valence-electron chi connectivity index (χ0n) is 12.3. The number of nitrogens with zero attached hydrogens (tertiary/aromatic N) is 1. The first-order chi connectivity index (χ1) is 9.01. The standard InChI is InChI=1S/C14H26N2O3/c1-11-7-12(2)9-16(8-11)10-13(17)15-6-4-5-14(18)19-3/h11-12H,4-10H2,1-3H3,(H,15,17). The van der Waals surface area contributed by atoms with E-state index in [-0.39, 0.29) is 11.9 Å². The summed E-state index contributed by atoms with van der Waals surface area (Å²) in [6.45, 7) is 7.47. The van der Waals surface area contributed by atoms with Crippen LogP contribution in [0.15, 0.2) is 0 Å². The Kier molecular flexibility index (Phi) is 6.84. The smallest absolute Gasteiger partial charge is 0.305 e. The summed E-state index contributed by atoms with van der Waals surface area (Å²) in [6.07, 6.45) is 2.23. The van der Waals surface area contributed by atoms with Gasteiger partial charge in [0.05, 0.1) is 13.7 Å². The largest absolute Gasteiger partial charge is 0.469 e. The predicted molar refractivity (Wildman–Crippen MR) is 73.6 cm³/mol. The van der Waals surface area contributed by atoms with Gasteiger partial charge in [-0.1, -0.05) is 13.8 Å². The monoisotopic (exact) mass is 270 g/mol. The average Bonchev–Trinajstić information content (AvgIpc) is 2.33. The zero-order chi connectivity index (χ0) is 14.3. The lowest BCUT2D eigenvalue weighted by Gasteiger charge is -2.34. The second-order valence-corrected chi connectivity index (χ2v) is 5.67. The molecule has 5 heteroatoms. The molecule has 0 aromatic heterocycles. The lowest BCUT2D eigenvalue weighted by atomic mass is 9.92. The Morgan fingerprint density at radius 1 is 1.26 bits per heavy atom. The number of rotatable bonds is 6. The number of esters is 1. The van der Waals surface area contributed by atoms with Crippen molar-refractivity contribution in [3.8, 4) is 0 Å². The first-order valence-electron chi connectivity index (χ1n) is 7.07. The summed E-state index contributed by atoms with van der Waals surface area (Å²) in [4.78, 5) is 24.9. The first-order valence-corrected chi connectivity index (χ1v) is 7.07. The highest BCUT2D eigenvalue weighted by Crippen LogP contribution is 2.20. The number of carbonyl (C=O) groups is 2. The minimum absolute atomic E-state index is 0.0474. The van der Waals surface area contributed by atoms with Gasteiger partial charge in [0.15, 0.2) is 0 Å². The van der Waals surface area contributed by atoms with Crippen molar-refractivity contribution in [3.05, 3.63) is 0 Å². The van der Waals surface area contributed by atoms with Crippen molar-refractivity contribution < 1.29 is 14.3 Å². The van der Waals surface area contributed by atoms with Crippen LogP contribution in [0.4, 0.5) is 0 Å². The quantitative estimate of drug-likeness (QED) is 0.578. The van der Waals surface area contributed by atoms with Crippen molar-refractivity contribution in [1.29, 1.82) is 0 Å². The molecule has 1 aliphatic rings. The highest BCUT2D eigenvalue weighted by atomic mass is 16.5. The van der Waals surface area contributed by atoms with Crippen LogP contribution in [-0.2, 0) is 14.3 Å². The van der Waals surface area contributed by atoms with Crippen LogP contribution in [-0.4, -0.2) is 50.1 Å². The summed E-state index contributed by atoms with van der Waals surface area (Å²) in [7, 11) is 1.37. The third kappa shape index (κ3) is 6.57. The van der Waals surface area contributed by atoms with E-state index in [2.05, 4.69) is 28.8 Å². The Balaban J connectivity index is 2.15. The fourth-order valence-electron chi connectivity index (χ4n) is 2.74. The second kappa shape index (κ2) is 8.15. The van der Waals surface area contributed by atoms with Gasteiger partial charge in [-0.3, -0.25) is 14.5 Å². The molecule has 0 radical (unpaired) electrons. The molecule has 1 heterocycles. The van der Waals surface area contributed by atoms with Gasteiger partial charge in [0.1, 0.15) is 0 Å². The van der Waals surface area contributed by atoms with E-state index < -0.39 is 0 Å². The fourth-order valence-corrected chi connectivity index (χ4v) is 2.74. The molecule has 0 bridgehead atoms. The van der Waals surface area contributed by atoms with Crippen LogP contribution in [0.25, 0.3) is 0 Å². The van der Waals surface area contributed by atoms with Crippen LogP contribution in [0.3, 0.4) is 0 Å². The lowest BCUT2D eigenvalue weighted by molar-refractivity contribution is -0.140. The Morgan fingerprint density at radius 2 is 1.89 bits per heavy atom. The SMILES string of the molecule is COC(=O)CCCNC(=O)CN1CC(C)CC(C)C1. The van der Waals surface area contributed by atoms with E-state index in [9.17, 15) is 9.59 Å². The Hall–Kier alpha value is -1.10. The number of hydrogen-bond acceptors (Lipinski definition) is 4. The van der Waals surface area contributed by atoms with E-state index in [0.29, 0.717) is 37.8 Å². The molecule has 2 atom stereocenters. The maximum Gasteiger partial charge on any atom is 0.305 e. The molecule has 1 fully saturated rings. The van der Waals surface area contributed by atoms with Gasteiger partial charge in [0.25, 0.3) is 0 Å². The van der Waals surface area contributed by atoms with E-state index in [0.717, 1.165) is 13.1 Å². The van der Waals surface area contributed by atoms with Gasteiger partial charge < -0.3 is 10.1 Å². The number of hydrogen-bond donors (Lipinski definition) is 1. The lowest BCUT2D eigenvalue weighted by Crippen LogP contribution is -2.44. The minimum Gasteiger partial charge on any atom is -0.469 e. The van der Waals surface area contributed by atoms with E-state index in [1.807, 2.05) is 0 Å². The highest BCUT2D eigenvalue weighted by Gasteiger charge is 2.22. The molecule has 1 rings (SSSR count). The molecule has 1 N–H and O–H groups in total. The number of carbonyl (C=O) groups excluding carboxylic acids is 2. The van der Waals surface area contributed by atoms with Gasteiger partial charge in [-0.25, -0.2) is 0 Å². The van der Waals surface area contributed by atoms with Crippen molar-refractivity contribution in [2.75, 3.05) is 33.3 Å². The number of ether oxygens (including phenoxy) is 1. The number of piperidine rings is 1. The molecule has 1 saturated heterocycles. The number of methoxy groups -OCH3 is 1. The van der Waals surface area contributed by atoms with Gasteiger partial charge in [-0.2, -0.15) is 0 Å². The van der Waals surface area contributed by atoms with E-state index in [1.54, 1.807) is 0 Å². The summed E-state index contributed by atoms with van der Waals surface area (Å²) in [6, 6.07) is 0. The zero-order valence-corrected chi connectivity index (χ0v) is 12.3. The molecule has 5 nitrogen and oxygen atoms in total. The van der Waals surface area contributed by atoms with E-state index in [4.69, 9.17) is 0 Å². The fraction of sp³-hybridized carbons (Fsp3) is 0.857. The summed E-state index contributed by atoms with van der Waals surface area (Å²) in [5.41, 5.74) is 0. The first kappa shape index (κ1) is 16.0. The van der Waals surface area contributed by atoms with Crippen molar-refractivity contribution in [2.24, 2.45) is 11.8 Å². The maximum absolute atomic E-state index is 11.8. The van der Waals surface area contributed by atoms with Crippen molar-refractivity contribution in [3.63, 3.8) is 0 Å². The second-order valence-electron chi connectivity index (χ2n) is 5.67. The molecule has 0 aromatic rings. The van der Waals surface area contributed by atoms with Crippen LogP contribution < -0.4 is 5.32 Å². The number of likely N-dealkylation sites (tertiary alicyclic amines) is 1. The molecule has 0 aromatic carbocycles. The van der Waals surface area contributed by atoms with Crippen LogP contribution in [0.2, 0.25) is 0 Å². The van der Waals surface area contributed by atoms with Crippen molar-refractivity contribution in [1.82, 2.24) is 10.2 Å². The van der Waals surface area contributed by atoms with Crippen LogP contribution in [0.1, 0.15) is 33.1 Å². The van der Waals surface area contributed by atoms with Crippen LogP contribution >= 0.6 is 0 Å². The molecule has 1 aliphatic heterocycles. The van der Waals surface area contributed by atoms with Gasteiger partial charge >= 0.3 is 5.97 Å². The van der Waals surface area contributed by atoms with Gasteiger partial charge in [0.2, 0.25) is 5.91 Å². The Bertz CT molecular complexity index is 297. The molecule has 0 spiro atoms. The molecule has 2 unspecified atom stereocenters. The normalized spacial score (nSPS) is 23.9. The van der Waals surface area contributed by atoms with Gasteiger partial charge in [-0.15, -0.1) is 0 Å². The number of nitrogens with one attached hydrogen (secondary N) is 1. The van der Waals surface area contributed by atoms with E-state index in [1.165, 1.54) is 13.5 Å². The third-order valence-electron chi connectivity index (χ3n) is 3.42. The van der Waals surface area contributed by atoms with Crippen molar-refractivity contribution in [2.45, 2.75) is 33.1 Å². The highest BCUT2D eigenvalue weighted by molar-refractivity contribution is 5.78. The number of amides is 1. The van der Waals surface area contributed by atoms with Gasteiger partial charge in [-0.05, 0) is 24.7 Å². The minimum atomic E-state index is -0.229. The summed E-state index contributed by atoms with van der Waals surface area (Å²) < 4.78 is 4.54. The molecule has 19 heavy (non-hydrogen) atoms. The average molecular weight is 270 g/mol. The third-order valence-corrected chi connectivity index (χ3v) is 3.42. The summed E-state index contributed by atoms with van der Waals surface area (Å²) in [5, 5.41) is 2.85. The molecule has 1 amide bonds. The molecule has 0 saturated carbocycles. The molecular weight excluding hydrogens is 244 g/mol. The topological polar surface area (TPSA) is 58.6 Å². The van der Waals surface area contributed by atoms with Gasteiger partial charge in [0, 0.05) is 26.1 Å². The van der Waals surface area contributed by atoms with Crippen LogP contribution in [0.5, 0.6) is 0 Å². The maximum atomic E-state index is 11.8. The van der Waals surface area contributed by atoms with E-state index >= 15 is 0 Å². The van der Waals surface area contributed by atoms with Crippen molar-refractivity contribution >= 4 is 11.9 Å². The van der Waals surface area contributed by atoms with Crippen LogP contribution in [0, 0.1) is 11.8 Å². The summed E-state index contributed by atoms with van der Waals surface area (Å²) in [5.74, 6) is 1.14. The predicted octanol–water partition coefficient (Wildman–Crippen LogP) is 1.03. The molecule has 0 aliphatic carbocycles. The molecule has 110 valence electrons. The molecular formula is C14H26N2O3. The Morgan fingerprint density at radius 3 is 2.47 bits per heavy atom. The Labute approximate surface area is 115 Å².